The number of nitrogens with zero attached hydrogens (tertiary/aromatic N) is 1. The first-order chi connectivity index (χ1) is 6.42. The number of nitrogens with one attached hydrogen (secondary N) is 2. The fraction of sp³-hybridized carbons (Fsp3) is 0.222. The summed E-state index contributed by atoms with van der Waals surface area (Å²) in [5.41, 5.74) is 2.37. The number of aromatic nitrogens is 2. The predicted octanol–water partition coefficient (Wildman–Crippen LogP) is 1.78. The molecule has 3 nitrogen and oxygen atoms in total. The van der Waals surface area contributed by atoms with Gasteiger partial charge in [-0.25, -0.2) is 4.98 Å². The molecule has 0 aromatic carbocycles. The maximum absolute atomic E-state index is 4.01. The zero-order chi connectivity index (χ0) is 9.10. The van der Waals surface area contributed by atoms with Crippen LogP contribution in [0.1, 0.15) is 17.3 Å². The summed E-state index contributed by atoms with van der Waals surface area (Å²) < 4.78 is 0. The van der Waals surface area contributed by atoms with E-state index in [9.17, 15) is 0 Å². The van der Waals surface area contributed by atoms with Crippen molar-refractivity contribution in [1.29, 1.82) is 0 Å². The topological polar surface area (TPSA) is 40.7 Å². The smallest absolute Gasteiger partial charge is 0.0922 e. The molecule has 0 aliphatic heterocycles. The SMILES string of the molecule is CNC(c1ccsc1)c1cnc[nH]1. The zero-order valence-electron chi connectivity index (χ0n) is 7.32. The van der Waals surface area contributed by atoms with Gasteiger partial charge in [-0.1, -0.05) is 0 Å². The molecule has 0 saturated carbocycles. The molecule has 0 spiro atoms. The standard InChI is InChI=1S/C9H11N3S/c1-10-9(7-2-3-13-5-7)8-4-11-6-12-8/h2-6,9-10H,1H3,(H,11,12). The molecule has 0 fully saturated rings. The number of H-pyrrole nitrogens is 1. The van der Waals surface area contributed by atoms with Gasteiger partial charge in [0.2, 0.25) is 0 Å². The van der Waals surface area contributed by atoms with Crippen LogP contribution in [-0.2, 0) is 0 Å². The van der Waals surface area contributed by atoms with Gasteiger partial charge in [-0.15, -0.1) is 0 Å². The van der Waals surface area contributed by atoms with Crippen LogP contribution in [0.2, 0.25) is 0 Å². The summed E-state index contributed by atoms with van der Waals surface area (Å²) in [4.78, 5) is 7.12. The van der Waals surface area contributed by atoms with Crippen LogP contribution in [0.5, 0.6) is 0 Å². The monoisotopic (exact) mass is 193 g/mol. The van der Waals surface area contributed by atoms with Gasteiger partial charge >= 0.3 is 0 Å². The van der Waals surface area contributed by atoms with Crippen LogP contribution in [0.25, 0.3) is 0 Å². The minimum Gasteiger partial charge on any atom is -0.347 e. The summed E-state index contributed by atoms with van der Waals surface area (Å²) in [6, 6.07) is 2.35. The molecule has 2 aromatic heterocycles. The summed E-state index contributed by atoms with van der Waals surface area (Å²) in [6.07, 6.45) is 3.55. The Balaban J connectivity index is 2.29. The highest BCUT2D eigenvalue weighted by Gasteiger charge is 2.12. The Morgan fingerprint density at radius 1 is 1.62 bits per heavy atom. The van der Waals surface area contributed by atoms with E-state index in [1.807, 2.05) is 13.2 Å². The van der Waals surface area contributed by atoms with Gasteiger partial charge in [-0.05, 0) is 29.4 Å². The van der Waals surface area contributed by atoms with Crippen LogP contribution in [0.4, 0.5) is 0 Å². The van der Waals surface area contributed by atoms with Gasteiger partial charge in [0.1, 0.15) is 0 Å². The highest BCUT2D eigenvalue weighted by atomic mass is 32.1. The van der Waals surface area contributed by atoms with Crippen LogP contribution in [0, 0.1) is 0 Å². The van der Waals surface area contributed by atoms with E-state index in [-0.39, 0.29) is 6.04 Å². The molecule has 2 heterocycles. The summed E-state index contributed by atoms with van der Waals surface area (Å²) in [5, 5.41) is 7.46. The van der Waals surface area contributed by atoms with Crippen LogP contribution in [0.15, 0.2) is 29.4 Å². The molecule has 4 heteroatoms. The molecular formula is C9H11N3S. The molecule has 2 rings (SSSR count). The van der Waals surface area contributed by atoms with Crippen molar-refractivity contribution in [2.24, 2.45) is 0 Å². The molecule has 0 aliphatic carbocycles. The lowest BCUT2D eigenvalue weighted by Gasteiger charge is -2.11. The molecule has 68 valence electrons. The molecule has 1 unspecified atom stereocenters. The predicted molar refractivity (Wildman–Crippen MR) is 53.8 cm³/mol. The first kappa shape index (κ1) is 8.47. The lowest BCUT2D eigenvalue weighted by Crippen LogP contribution is -2.17. The largest absolute Gasteiger partial charge is 0.347 e. The van der Waals surface area contributed by atoms with Crippen molar-refractivity contribution >= 4 is 11.3 Å². The van der Waals surface area contributed by atoms with Gasteiger partial charge in [0.05, 0.1) is 18.1 Å². The highest BCUT2D eigenvalue weighted by molar-refractivity contribution is 7.07. The van der Waals surface area contributed by atoms with E-state index in [1.54, 1.807) is 17.7 Å². The van der Waals surface area contributed by atoms with Crippen LogP contribution < -0.4 is 5.32 Å². The summed E-state index contributed by atoms with van der Waals surface area (Å²) >= 11 is 1.71. The van der Waals surface area contributed by atoms with Crippen molar-refractivity contribution in [3.05, 3.63) is 40.6 Å². The molecule has 0 bridgehead atoms. The Hall–Kier alpha value is -1.13. The van der Waals surface area contributed by atoms with E-state index in [1.165, 1.54) is 5.56 Å². The third-order valence-corrected chi connectivity index (χ3v) is 2.70. The van der Waals surface area contributed by atoms with Crippen LogP contribution >= 0.6 is 11.3 Å². The van der Waals surface area contributed by atoms with E-state index < -0.39 is 0 Å². The first-order valence-electron chi connectivity index (χ1n) is 4.09. The number of rotatable bonds is 3. The molecule has 0 radical (unpaired) electrons. The lowest BCUT2D eigenvalue weighted by molar-refractivity contribution is 0.677. The summed E-state index contributed by atoms with van der Waals surface area (Å²) in [6.45, 7) is 0. The first-order valence-corrected chi connectivity index (χ1v) is 5.03. The molecule has 2 aromatic rings. The number of hydrogen-bond acceptors (Lipinski definition) is 3. The van der Waals surface area contributed by atoms with Crippen LogP contribution in [0.3, 0.4) is 0 Å². The van der Waals surface area contributed by atoms with Crippen molar-refractivity contribution in [2.45, 2.75) is 6.04 Å². The molecule has 13 heavy (non-hydrogen) atoms. The Bertz CT molecular complexity index is 305. The fourth-order valence-electron chi connectivity index (χ4n) is 1.37. The second kappa shape index (κ2) is 3.72. The maximum Gasteiger partial charge on any atom is 0.0922 e. The van der Waals surface area contributed by atoms with E-state index in [2.05, 4.69) is 32.1 Å². The van der Waals surface area contributed by atoms with E-state index in [0.717, 1.165) is 5.69 Å². The van der Waals surface area contributed by atoms with Gasteiger partial charge in [-0.3, -0.25) is 0 Å². The van der Waals surface area contributed by atoms with Gasteiger partial charge < -0.3 is 10.3 Å². The van der Waals surface area contributed by atoms with Gasteiger partial charge in [-0.2, -0.15) is 11.3 Å². The van der Waals surface area contributed by atoms with E-state index in [0.29, 0.717) is 0 Å². The second-order valence-corrected chi connectivity index (χ2v) is 3.57. The molecule has 0 saturated heterocycles. The number of hydrogen-bond donors (Lipinski definition) is 2. The molecule has 0 amide bonds. The Kier molecular flexibility index (Phi) is 2.42. The Morgan fingerprint density at radius 2 is 2.54 bits per heavy atom. The van der Waals surface area contributed by atoms with E-state index >= 15 is 0 Å². The van der Waals surface area contributed by atoms with Gasteiger partial charge in [0.25, 0.3) is 0 Å². The van der Waals surface area contributed by atoms with E-state index in [4.69, 9.17) is 0 Å². The van der Waals surface area contributed by atoms with Crippen molar-refractivity contribution < 1.29 is 0 Å². The van der Waals surface area contributed by atoms with Crippen molar-refractivity contribution in [3.8, 4) is 0 Å². The van der Waals surface area contributed by atoms with Crippen molar-refractivity contribution in [3.63, 3.8) is 0 Å². The Morgan fingerprint density at radius 3 is 3.08 bits per heavy atom. The zero-order valence-corrected chi connectivity index (χ0v) is 8.14. The lowest BCUT2D eigenvalue weighted by atomic mass is 10.1. The number of imidazole rings is 1. The molecule has 1 atom stereocenters. The van der Waals surface area contributed by atoms with Gasteiger partial charge in [0.15, 0.2) is 0 Å². The summed E-state index contributed by atoms with van der Waals surface area (Å²) in [7, 11) is 1.95. The number of thiophene rings is 1. The van der Waals surface area contributed by atoms with Crippen LogP contribution in [-0.4, -0.2) is 17.0 Å². The average Bonchev–Trinajstić information content (AvgIpc) is 2.76. The maximum atomic E-state index is 4.01. The quantitative estimate of drug-likeness (QED) is 0.780. The minimum atomic E-state index is 0.230. The van der Waals surface area contributed by atoms with Crippen molar-refractivity contribution in [2.75, 3.05) is 7.05 Å². The third-order valence-electron chi connectivity index (χ3n) is 2.00. The van der Waals surface area contributed by atoms with Gasteiger partial charge in [0, 0.05) is 6.20 Å². The molecular weight excluding hydrogens is 182 g/mol. The molecule has 0 aliphatic rings. The highest BCUT2D eigenvalue weighted by Crippen LogP contribution is 2.21. The summed E-state index contributed by atoms with van der Waals surface area (Å²) in [5.74, 6) is 0. The minimum absolute atomic E-state index is 0.230. The molecule has 2 N–H and O–H groups in total. The third kappa shape index (κ3) is 1.64. The van der Waals surface area contributed by atoms with Crippen molar-refractivity contribution in [1.82, 2.24) is 15.3 Å². The second-order valence-electron chi connectivity index (χ2n) is 2.79. The Labute approximate surface area is 80.8 Å². The number of aromatic amines is 1. The fourth-order valence-corrected chi connectivity index (χ4v) is 2.05. The normalized spacial score (nSPS) is 13.0. The average molecular weight is 193 g/mol.